The molecule has 0 saturated heterocycles. The van der Waals surface area contributed by atoms with E-state index in [-0.39, 0.29) is 5.82 Å². The maximum Gasteiger partial charge on any atom is 0.372 e. The lowest BCUT2D eigenvalue weighted by Crippen LogP contribution is -2.08. The van der Waals surface area contributed by atoms with Gasteiger partial charge in [0, 0.05) is 18.6 Å². The van der Waals surface area contributed by atoms with E-state index in [1.54, 1.807) is 30.6 Å². The smallest absolute Gasteiger partial charge is 0.372 e. The van der Waals surface area contributed by atoms with Crippen LogP contribution in [-0.2, 0) is 0 Å². The third-order valence-corrected chi connectivity index (χ3v) is 1.73. The van der Waals surface area contributed by atoms with E-state index in [0.29, 0.717) is 5.82 Å². The van der Waals surface area contributed by atoms with Crippen molar-refractivity contribution in [3.63, 3.8) is 0 Å². The number of aromatic nitrogens is 3. The fraction of sp³-hybridized carbons (Fsp3) is 0. The average molecular weight is 189 g/mol. The van der Waals surface area contributed by atoms with Gasteiger partial charge in [0.25, 0.3) is 0 Å². The zero-order valence-electron chi connectivity index (χ0n) is 7.16. The molecule has 0 aliphatic rings. The first-order valence-corrected chi connectivity index (χ1v) is 3.97. The summed E-state index contributed by atoms with van der Waals surface area (Å²) in [6, 6.07) is 5.27. The number of carbonyl (C=O) groups is 1. The van der Waals surface area contributed by atoms with Gasteiger partial charge in [0.15, 0.2) is 0 Å². The van der Waals surface area contributed by atoms with Crippen LogP contribution in [-0.4, -0.2) is 25.6 Å². The standard InChI is InChI=1S/C9H7N3O2/c13-9(14)8-11-5-6-12(8)7-3-1-2-4-10-7/h1-6H,(H,13,14). The number of carboxylic acid groups (broad SMARTS) is 1. The Morgan fingerprint density at radius 2 is 2.14 bits per heavy atom. The van der Waals surface area contributed by atoms with Gasteiger partial charge in [0.05, 0.1) is 0 Å². The van der Waals surface area contributed by atoms with Gasteiger partial charge < -0.3 is 5.11 Å². The van der Waals surface area contributed by atoms with Gasteiger partial charge in [-0.2, -0.15) is 0 Å². The topological polar surface area (TPSA) is 68.0 Å². The predicted molar refractivity (Wildman–Crippen MR) is 48.3 cm³/mol. The molecule has 0 spiro atoms. The first-order chi connectivity index (χ1) is 6.79. The van der Waals surface area contributed by atoms with Crippen molar-refractivity contribution in [2.24, 2.45) is 0 Å². The van der Waals surface area contributed by atoms with Crippen molar-refractivity contribution in [3.8, 4) is 5.82 Å². The fourth-order valence-electron chi connectivity index (χ4n) is 1.14. The lowest BCUT2D eigenvalue weighted by Gasteiger charge is -2.01. The number of carboxylic acids is 1. The molecule has 2 aromatic rings. The van der Waals surface area contributed by atoms with Crippen LogP contribution in [0.15, 0.2) is 36.8 Å². The molecule has 0 saturated carbocycles. The number of hydrogen-bond acceptors (Lipinski definition) is 3. The van der Waals surface area contributed by atoms with Gasteiger partial charge in [0.2, 0.25) is 5.82 Å². The molecule has 0 bridgehead atoms. The Bertz CT molecular complexity index is 450. The molecule has 1 N–H and O–H groups in total. The summed E-state index contributed by atoms with van der Waals surface area (Å²) in [5.41, 5.74) is 0. The number of rotatable bonds is 2. The summed E-state index contributed by atoms with van der Waals surface area (Å²) in [6.45, 7) is 0. The molecule has 0 aliphatic carbocycles. The van der Waals surface area contributed by atoms with Crippen LogP contribution in [0.4, 0.5) is 0 Å². The number of imidazole rings is 1. The van der Waals surface area contributed by atoms with Crippen molar-refractivity contribution >= 4 is 5.97 Å². The normalized spacial score (nSPS) is 10.0. The van der Waals surface area contributed by atoms with E-state index < -0.39 is 5.97 Å². The summed E-state index contributed by atoms with van der Waals surface area (Å²) in [6.07, 6.45) is 4.59. The van der Waals surface area contributed by atoms with Crippen LogP contribution in [0.25, 0.3) is 5.82 Å². The molecule has 14 heavy (non-hydrogen) atoms. The molecule has 2 rings (SSSR count). The van der Waals surface area contributed by atoms with Gasteiger partial charge in [-0.15, -0.1) is 0 Å². The third kappa shape index (κ3) is 1.35. The van der Waals surface area contributed by atoms with Gasteiger partial charge in [-0.1, -0.05) is 6.07 Å². The maximum absolute atomic E-state index is 10.7. The average Bonchev–Trinajstić information content (AvgIpc) is 2.67. The highest BCUT2D eigenvalue weighted by atomic mass is 16.4. The first-order valence-electron chi connectivity index (χ1n) is 3.97. The highest BCUT2D eigenvalue weighted by Gasteiger charge is 2.11. The Balaban J connectivity index is 2.52. The Kier molecular flexibility index (Phi) is 1.98. The minimum absolute atomic E-state index is 0.0382. The predicted octanol–water partition coefficient (Wildman–Crippen LogP) is 0.965. The minimum Gasteiger partial charge on any atom is -0.475 e. The fourth-order valence-corrected chi connectivity index (χ4v) is 1.14. The lowest BCUT2D eigenvalue weighted by atomic mass is 10.4. The second-order valence-corrected chi connectivity index (χ2v) is 2.61. The van der Waals surface area contributed by atoms with Crippen molar-refractivity contribution in [2.75, 3.05) is 0 Å². The highest BCUT2D eigenvalue weighted by molar-refractivity contribution is 5.84. The molecule has 0 aromatic carbocycles. The van der Waals surface area contributed by atoms with E-state index in [0.717, 1.165) is 0 Å². The molecule has 0 atom stereocenters. The lowest BCUT2D eigenvalue weighted by molar-refractivity contribution is 0.0681. The second kappa shape index (κ2) is 3.29. The molecule has 2 aromatic heterocycles. The van der Waals surface area contributed by atoms with Crippen molar-refractivity contribution in [1.82, 2.24) is 14.5 Å². The third-order valence-electron chi connectivity index (χ3n) is 1.73. The highest BCUT2D eigenvalue weighted by Crippen LogP contribution is 2.06. The summed E-state index contributed by atoms with van der Waals surface area (Å²) < 4.78 is 1.42. The largest absolute Gasteiger partial charge is 0.475 e. The number of nitrogens with zero attached hydrogens (tertiary/aromatic N) is 3. The van der Waals surface area contributed by atoms with Gasteiger partial charge in [-0.3, -0.25) is 4.57 Å². The molecular formula is C9H7N3O2. The zero-order chi connectivity index (χ0) is 9.97. The Morgan fingerprint density at radius 3 is 2.79 bits per heavy atom. The second-order valence-electron chi connectivity index (χ2n) is 2.61. The van der Waals surface area contributed by atoms with Crippen molar-refractivity contribution in [2.45, 2.75) is 0 Å². The van der Waals surface area contributed by atoms with Crippen LogP contribution in [0.5, 0.6) is 0 Å². The number of aromatic carboxylic acids is 1. The molecule has 5 heteroatoms. The van der Waals surface area contributed by atoms with E-state index in [1.165, 1.54) is 10.8 Å². The molecule has 70 valence electrons. The Labute approximate surface area is 79.7 Å². The van der Waals surface area contributed by atoms with Gasteiger partial charge >= 0.3 is 5.97 Å². The van der Waals surface area contributed by atoms with E-state index in [1.807, 2.05) is 0 Å². The van der Waals surface area contributed by atoms with Crippen LogP contribution >= 0.6 is 0 Å². The van der Waals surface area contributed by atoms with Crippen LogP contribution in [0.1, 0.15) is 10.6 Å². The van der Waals surface area contributed by atoms with Gasteiger partial charge in [-0.05, 0) is 12.1 Å². The first kappa shape index (κ1) is 8.43. The van der Waals surface area contributed by atoms with Gasteiger partial charge in [-0.25, -0.2) is 14.8 Å². The summed E-state index contributed by atoms with van der Waals surface area (Å²) >= 11 is 0. The summed E-state index contributed by atoms with van der Waals surface area (Å²) in [4.78, 5) is 18.5. The molecule has 0 radical (unpaired) electrons. The molecular weight excluding hydrogens is 182 g/mol. The molecule has 0 unspecified atom stereocenters. The van der Waals surface area contributed by atoms with E-state index in [9.17, 15) is 4.79 Å². The van der Waals surface area contributed by atoms with Crippen molar-refractivity contribution < 1.29 is 9.90 Å². The molecule has 5 nitrogen and oxygen atoms in total. The van der Waals surface area contributed by atoms with Crippen LogP contribution in [0.3, 0.4) is 0 Å². The Morgan fingerprint density at radius 1 is 1.29 bits per heavy atom. The molecule has 0 fully saturated rings. The minimum atomic E-state index is -1.07. The summed E-state index contributed by atoms with van der Waals surface area (Å²) in [5.74, 6) is -0.563. The molecule has 0 aliphatic heterocycles. The van der Waals surface area contributed by atoms with Crippen LogP contribution in [0.2, 0.25) is 0 Å². The molecule has 0 amide bonds. The quantitative estimate of drug-likeness (QED) is 0.764. The number of hydrogen-bond donors (Lipinski definition) is 1. The van der Waals surface area contributed by atoms with E-state index in [4.69, 9.17) is 5.11 Å². The van der Waals surface area contributed by atoms with Gasteiger partial charge in [0.1, 0.15) is 5.82 Å². The monoisotopic (exact) mass is 189 g/mol. The van der Waals surface area contributed by atoms with E-state index in [2.05, 4.69) is 9.97 Å². The SMILES string of the molecule is O=C(O)c1nccn1-c1ccccn1. The summed E-state index contributed by atoms with van der Waals surface area (Å²) in [7, 11) is 0. The maximum atomic E-state index is 10.7. The number of pyridine rings is 1. The van der Waals surface area contributed by atoms with Crippen molar-refractivity contribution in [3.05, 3.63) is 42.6 Å². The Hall–Kier alpha value is -2.17. The van der Waals surface area contributed by atoms with Crippen LogP contribution < -0.4 is 0 Å². The van der Waals surface area contributed by atoms with Crippen LogP contribution in [0, 0.1) is 0 Å². The van der Waals surface area contributed by atoms with E-state index >= 15 is 0 Å². The van der Waals surface area contributed by atoms with Crippen molar-refractivity contribution in [1.29, 1.82) is 0 Å². The molecule has 2 heterocycles. The zero-order valence-corrected chi connectivity index (χ0v) is 7.16. The summed E-state index contributed by atoms with van der Waals surface area (Å²) in [5, 5.41) is 8.80.